The molecule has 0 saturated carbocycles. The SMILES string of the molecule is CCCNC(C)(Cn1nccc1C)C(=O)OC. The van der Waals surface area contributed by atoms with Crippen molar-refractivity contribution in [2.75, 3.05) is 13.7 Å². The maximum atomic E-state index is 11.9. The van der Waals surface area contributed by atoms with Crippen LogP contribution in [0.4, 0.5) is 0 Å². The van der Waals surface area contributed by atoms with E-state index in [4.69, 9.17) is 4.74 Å². The standard InChI is InChI=1S/C12H21N3O2/c1-5-7-13-12(3,11(16)17-4)9-15-10(2)6-8-14-15/h6,8,13H,5,7,9H2,1-4H3. The van der Waals surface area contributed by atoms with Gasteiger partial charge in [0.2, 0.25) is 0 Å². The number of aromatic nitrogens is 2. The largest absolute Gasteiger partial charge is 0.468 e. The van der Waals surface area contributed by atoms with Crippen molar-refractivity contribution in [2.24, 2.45) is 0 Å². The molecule has 0 bridgehead atoms. The normalized spacial score (nSPS) is 14.4. The highest BCUT2D eigenvalue weighted by Crippen LogP contribution is 2.11. The van der Waals surface area contributed by atoms with Crippen molar-refractivity contribution in [3.05, 3.63) is 18.0 Å². The van der Waals surface area contributed by atoms with Crippen molar-refractivity contribution < 1.29 is 9.53 Å². The van der Waals surface area contributed by atoms with E-state index in [1.807, 2.05) is 19.9 Å². The van der Waals surface area contributed by atoms with Crippen LogP contribution in [-0.4, -0.2) is 34.9 Å². The van der Waals surface area contributed by atoms with Crippen LogP contribution in [0, 0.1) is 6.92 Å². The molecule has 1 aromatic heterocycles. The summed E-state index contributed by atoms with van der Waals surface area (Å²) in [6, 6.07) is 1.91. The van der Waals surface area contributed by atoms with Gasteiger partial charge in [-0.15, -0.1) is 0 Å². The highest BCUT2D eigenvalue weighted by molar-refractivity contribution is 5.80. The number of hydrogen-bond acceptors (Lipinski definition) is 4. The molecule has 1 N–H and O–H groups in total. The molecule has 0 radical (unpaired) electrons. The molecule has 1 aromatic rings. The molecule has 96 valence electrons. The van der Waals surface area contributed by atoms with Crippen LogP contribution in [0.25, 0.3) is 0 Å². The number of ether oxygens (including phenoxy) is 1. The van der Waals surface area contributed by atoms with Gasteiger partial charge in [-0.05, 0) is 32.9 Å². The predicted octanol–water partition coefficient (Wildman–Crippen LogP) is 1.12. The predicted molar refractivity (Wildman–Crippen MR) is 65.7 cm³/mol. The van der Waals surface area contributed by atoms with Crippen LogP contribution in [0.2, 0.25) is 0 Å². The van der Waals surface area contributed by atoms with Gasteiger partial charge in [-0.2, -0.15) is 5.10 Å². The van der Waals surface area contributed by atoms with E-state index in [0.29, 0.717) is 6.54 Å². The van der Waals surface area contributed by atoms with E-state index in [0.717, 1.165) is 18.7 Å². The zero-order valence-electron chi connectivity index (χ0n) is 11.0. The summed E-state index contributed by atoms with van der Waals surface area (Å²) >= 11 is 0. The average Bonchev–Trinajstić information content (AvgIpc) is 2.71. The monoisotopic (exact) mass is 239 g/mol. The Morgan fingerprint density at radius 1 is 1.65 bits per heavy atom. The number of esters is 1. The van der Waals surface area contributed by atoms with Gasteiger partial charge < -0.3 is 10.1 Å². The minimum absolute atomic E-state index is 0.263. The number of carbonyl (C=O) groups is 1. The number of hydrogen-bond donors (Lipinski definition) is 1. The van der Waals surface area contributed by atoms with Crippen molar-refractivity contribution in [3.8, 4) is 0 Å². The van der Waals surface area contributed by atoms with Gasteiger partial charge in [0, 0.05) is 11.9 Å². The lowest BCUT2D eigenvalue weighted by Crippen LogP contribution is -2.53. The molecule has 1 rings (SSSR count). The number of rotatable bonds is 6. The number of carbonyl (C=O) groups excluding carboxylic acids is 1. The highest BCUT2D eigenvalue weighted by atomic mass is 16.5. The number of aryl methyl sites for hydroxylation is 1. The Hall–Kier alpha value is -1.36. The molecule has 0 fully saturated rings. The molecule has 0 aliphatic carbocycles. The van der Waals surface area contributed by atoms with Crippen LogP contribution >= 0.6 is 0 Å². The third kappa shape index (κ3) is 3.30. The fourth-order valence-electron chi connectivity index (χ4n) is 1.68. The van der Waals surface area contributed by atoms with Gasteiger partial charge in [-0.1, -0.05) is 6.92 Å². The van der Waals surface area contributed by atoms with Gasteiger partial charge >= 0.3 is 5.97 Å². The molecule has 5 heteroatoms. The van der Waals surface area contributed by atoms with E-state index < -0.39 is 5.54 Å². The van der Waals surface area contributed by atoms with Crippen LogP contribution < -0.4 is 5.32 Å². The molecule has 0 saturated heterocycles. The van der Waals surface area contributed by atoms with Crippen molar-refractivity contribution in [1.29, 1.82) is 0 Å². The van der Waals surface area contributed by atoms with Crippen molar-refractivity contribution >= 4 is 5.97 Å². The summed E-state index contributed by atoms with van der Waals surface area (Å²) in [6.07, 6.45) is 2.69. The maximum Gasteiger partial charge on any atom is 0.327 e. The van der Waals surface area contributed by atoms with Gasteiger partial charge in [0.25, 0.3) is 0 Å². The summed E-state index contributed by atoms with van der Waals surface area (Å²) < 4.78 is 6.66. The van der Waals surface area contributed by atoms with Crippen LogP contribution in [0.3, 0.4) is 0 Å². The summed E-state index contributed by atoms with van der Waals surface area (Å²) in [7, 11) is 1.41. The van der Waals surface area contributed by atoms with Crippen LogP contribution in [0.5, 0.6) is 0 Å². The zero-order chi connectivity index (χ0) is 12.9. The first-order valence-electron chi connectivity index (χ1n) is 5.85. The molecule has 5 nitrogen and oxygen atoms in total. The minimum Gasteiger partial charge on any atom is -0.468 e. The van der Waals surface area contributed by atoms with E-state index in [1.165, 1.54) is 7.11 Å². The molecule has 1 heterocycles. The molecule has 0 aliphatic rings. The number of methoxy groups -OCH3 is 1. The molecular formula is C12H21N3O2. The summed E-state index contributed by atoms with van der Waals surface area (Å²) in [5.74, 6) is -0.263. The maximum absolute atomic E-state index is 11.9. The van der Waals surface area contributed by atoms with Crippen molar-refractivity contribution in [2.45, 2.75) is 39.3 Å². The molecule has 0 amide bonds. The Morgan fingerprint density at radius 3 is 2.82 bits per heavy atom. The van der Waals surface area contributed by atoms with Crippen LogP contribution in [0.15, 0.2) is 12.3 Å². The molecule has 0 aliphatic heterocycles. The third-order valence-corrected chi connectivity index (χ3v) is 2.80. The van der Waals surface area contributed by atoms with Crippen LogP contribution in [0.1, 0.15) is 26.0 Å². The quantitative estimate of drug-likeness (QED) is 0.756. The lowest BCUT2D eigenvalue weighted by atomic mass is 10.0. The topological polar surface area (TPSA) is 56.2 Å². The number of nitrogens with zero attached hydrogens (tertiary/aromatic N) is 2. The summed E-state index contributed by atoms with van der Waals surface area (Å²) in [4.78, 5) is 11.9. The second kappa shape index (κ2) is 5.82. The fourth-order valence-corrected chi connectivity index (χ4v) is 1.68. The molecule has 1 atom stereocenters. The first-order valence-corrected chi connectivity index (χ1v) is 5.85. The smallest absolute Gasteiger partial charge is 0.327 e. The van der Waals surface area contributed by atoms with E-state index >= 15 is 0 Å². The Kier molecular flexibility index (Phi) is 4.69. The Balaban J connectivity index is 2.83. The second-order valence-electron chi connectivity index (χ2n) is 4.38. The lowest BCUT2D eigenvalue weighted by Gasteiger charge is -2.28. The summed E-state index contributed by atoms with van der Waals surface area (Å²) in [5.41, 5.74) is 0.292. The summed E-state index contributed by atoms with van der Waals surface area (Å²) in [5, 5.41) is 7.42. The third-order valence-electron chi connectivity index (χ3n) is 2.80. The Morgan fingerprint density at radius 2 is 2.35 bits per heavy atom. The molecule has 0 spiro atoms. The molecule has 1 unspecified atom stereocenters. The van der Waals surface area contributed by atoms with Gasteiger partial charge in [-0.25, -0.2) is 4.79 Å². The van der Waals surface area contributed by atoms with Crippen LogP contribution in [-0.2, 0) is 16.1 Å². The van der Waals surface area contributed by atoms with Gasteiger partial charge in [0.15, 0.2) is 0 Å². The van der Waals surface area contributed by atoms with Gasteiger partial charge in [-0.3, -0.25) is 4.68 Å². The van der Waals surface area contributed by atoms with Gasteiger partial charge in [0.05, 0.1) is 13.7 Å². The highest BCUT2D eigenvalue weighted by Gasteiger charge is 2.34. The minimum atomic E-state index is -0.735. The van der Waals surface area contributed by atoms with Crippen molar-refractivity contribution in [3.63, 3.8) is 0 Å². The van der Waals surface area contributed by atoms with Gasteiger partial charge in [0.1, 0.15) is 5.54 Å². The molecular weight excluding hydrogens is 218 g/mol. The Labute approximate surface area is 102 Å². The Bertz CT molecular complexity index is 376. The lowest BCUT2D eigenvalue weighted by molar-refractivity contribution is -0.148. The first-order chi connectivity index (χ1) is 8.03. The second-order valence-corrected chi connectivity index (χ2v) is 4.38. The number of nitrogens with one attached hydrogen (secondary N) is 1. The van der Waals surface area contributed by atoms with E-state index in [2.05, 4.69) is 17.3 Å². The first kappa shape index (κ1) is 13.7. The van der Waals surface area contributed by atoms with Crippen molar-refractivity contribution in [1.82, 2.24) is 15.1 Å². The fraction of sp³-hybridized carbons (Fsp3) is 0.667. The van der Waals surface area contributed by atoms with E-state index in [1.54, 1.807) is 10.9 Å². The van der Waals surface area contributed by atoms with E-state index in [-0.39, 0.29) is 5.97 Å². The molecule has 0 aromatic carbocycles. The zero-order valence-corrected chi connectivity index (χ0v) is 11.0. The molecule has 17 heavy (non-hydrogen) atoms. The van der Waals surface area contributed by atoms with E-state index in [9.17, 15) is 4.79 Å². The average molecular weight is 239 g/mol. The summed E-state index contributed by atoms with van der Waals surface area (Å²) in [6.45, 7) is 7.11.